The zero-order chi connectivity index (χ0) is 14.7. The summed E-state index contributed by atoms with van der Waals surface area (Å²) in [7, 11) is 1.89. The zero-order valence-corrected chi connectivity index (χ0v) is 13.4. The molecule has 1 aromatic heterocycles. The van der Waals surface area contributed by atoms with E-state index in [-0.39, 0.29) is 11.9 Å². The van der Waals surface area contributed by atoms with Crippen molar-refractivity contribution in [3.05, 3.63) is 39.9 Å². The van der Waals surface area contributed by atoms with Gasteiger partial charge in [0.25, 0.3) is 0 Å². The van der Waals surface area contributed by atoms with Crippen LogP contribution in [0, 0.1) is 5.82 Å². The average Bonchev–Trinajstić information content (AvgIpc) is 2.84. The van der Waals surface area contributed by atoms with Gasteiger partial charge in [0.1, 0.15) is 17.2 Å². The smallest absolute Gasteiger partial charge is 0.150 e. The van der Waals surface area contributed by atoms with Crippen molar-refractivity contribution in [2.24, 2.45) is 0 Å². The van der Waals surface area contributed by atoms with E-state index in [4.69, 9.17) is 0 Å². The summed E-state index contributed by atoms with van der Waals surface area (Å²) in [6, 6.07) is 5.02. The molecule has 108 valence electrons. The van der Waals surface area contributed by atoms with Gasteiger partial charge in [0.05, 0.1) is 11.7 Å². The lowest BCUT2D eigenvalue weighted by molar-refractivity contribution is 0.555. The Bertz CT molecular complexity index is 573. The molecule has 0 aliphatic heterocycles. The topological polar surface area (TPSA) is 42.7 Å². The summed E-state index contributed by atoms with van der Waals surface area (Å²) in [5.74, 6) is -0.317. The predicted molar refractivity (Wildman–Crippen MR) is 80.5 cm³/mol. The second kappa shape index (κ2) is 6.45. The third-order valence-electron chi connectivity index (χ3n) is 3.36. The molecular weight excluding hydrogens is 323 g/mol. The number of aromatic nitrogens is 3. The quantitative estimate of drug-likeness (QED) is 0.906. The summed E-state index contributed by atoms with van der Waals surface area (Å²) in [5.41, 5.74) is 2.22. The van der Waals surface area contributed by atoms with Crippen LogP contribution in [-0.2, 0) is 6.42 Å². The molecule has 0 amide bonds. The van der Waals surface area contributed by atoms with Gasteiger partial charge < -0.3 is 5.32 Å². The van der Waals surface area contributed by atoms with Gasteiger partial charge in [0, 0.05) is 4.47 Å². The first-order valence-electron chi connectivity index (χ1n) is 6.70. The summed E-state index contributed by atoms with van der Waals surface area (Å²) >= 11 is 3.38. The van der Waals surface area contributed by atoms with Gasteiger partial charge in [0.2, 0.25) is 0 Å². The maximum Gasteiger partial charge on any atom is 0.150 e. The van der Waals surface area contributed by atoms with Crippen LogP contribution in [-0.4, -0.2) is 22.0 Å². The molecule has 1 unspecified atom stereocenters. The number of halogens is 2. The predicted octanol–water partition coefficient (Wildman–Crippen LogP) is 3.40. The Morgan fingerprint density at radius 2 is 2.15 bits per heavy atom. The van der Waals surface area contributed by atoms with Gasteiger partial charge in [-0.15, -0.1) is 5.10 Å². The number of para-hydroxylation sites is 1. The van der Waals surface area contributed by atoms with E-state index in [1.54, 1.807) is 16.8 Å². The Labute approximate surface area is 126 Å². The average molecular weight is 341 g/mol. The van der Waals surface area contributed by atoms with E-state index in [1.165, 1.54) is 6.07 Å². The Balaban J connectivity index is 2.59. The van der Waals surface area contributed by atoms with Crippen molar-refractivity contribution >= 4 is 15.9 Å². The molecule has 0 fully saturated rings. The van der Waals surface area contributed by atoms with Gasteiger partial charge >= 0.3 is 0 Å². The Hall–Kier alpha value is -1.27. The fourth-order valence-electron chi connectivity index (χ4n) is 2.32. The molecule has 2 aromatic rings. The molecule has 0 saturated carbocycles. The van der Waals surface area contributed by atoms with E-state index in [1.807, 2.05) is 14.0 Å². The van der Waals surface area contributed by atoms with E-state index in [0.717, 1.165) is 24.2 Å². The van der Waals surface area contributed by atoms with E-state index in [9.17, 15) is 4.39 Å². The summed E-state index contributed by atoms with van der Waals surface area (Å²) in [6.07, 6.45) is 1.64. The molecule has 0 bridgehead atoms. The first-order chi connectivity index (χ1) is 9.63. The van der Waals surface area contributed by atoms with E-state index >= 15 is 0 Å². The van der Waals surface area contributed by atoms with Crippen LogP contribution in [0.15, 0.2) is 22.7 Å². The molecule has 0 aliphatic rings. The van der Waals surface area contributed by atoms with Crippen molar-refractivity contribution in [1.82, 2.24) is 20.3 Å². The van der Waals surface area contributed by atoms with Gasteiger partial charge in [-0.3, -0.25) is 0 Å². The minimum Gasteiger partial charge on any atom is -0.312 e. The molecular formula is C14H18BrFN4. The lowest BCUT2D eigenvalue weighted by Crippen LogP contribution is -2.17. The van der Waals surface area contributed by atoms with E-state index in [0.29, 0.717) is 10.2 Å². The summed E-state index contributed by atoms with van der Waals surface area (Å²) < 4.78 is 16.4. The van der Waals surface area contributed by atoms with Crippen LogP contribution in [0.25, 0.3) is 5.69 Å². The minimum absolute atomic E-state index is 0.129. The summed E-state index contributed by atoms with van der Waals surface area (Å²) in [4.78, 5) is 0. The minimum atomic E-state index is -0.317. The van der Waals surface area contributed by atoms with E-state index < -0.39 is 0 Å². The molecule has 0 radical (unpaired) electrons. The van der Waals surface area contributed by atoms with Crippen molar-refractivity contribution in [3.63, 3.8) is 0 Å². The molecule has 4 nitrogen and oxygen atoms in total. The second-order valence-electron chi connectivity index (χ2n) is 4.51. The molecule has 0 spiro atoms. The van der Waals surface area contributed by atoms with Crippen LogP contribution in [0.4, 0.5) is 4.39 Å². The third-order valence-corrected chi connectivity index (χ3v) is 4.00. The Morgan fingerprint density at radius 3 is 2.70 bits per heavy atom. The van der Waals surface area contributed by atoms with Crippen molar-refractivity contribution in [1.29, 1.82) is 0 Å². The number of hydrogen-bond acceptors (Lipinski definition) is 3. The SMILES string of the molecule is CCc1c(C(CC)NC)nnn1-c1c(F)cccc1Br. The van der Waals surface area contributed by atoms with Crippen molar-refractivity contribution in [2.75, 3.05) is 7.05 Å². The molecule has 0 saturated heterocycles. The van der Waals surface area contributed by atoms with Crippen LogP contribution in [0.3, 0.4) is 0 Å². The monoisotopic (exact) mass is 340 g/mol. The van der Waals surface area contributed by atoms with Gasteiger partial charge in [-0.25, -0.2) is 9.07 Å². The highest BCUT2D eigenvalue weighted by atomic mass is 79.9. The van der Waals surface area contributed by atoms with Gasteiger partial charge in [-0.05, 0) is 48.0 Å². The number of hydrogen-bond donors (Lipinski definition) is 1. The van der Waals surface area contributed by atoms with Crippen LogP contribution >= 0.6 is 15.9 Å². The zero-order valence-electron chi connectivity index (χ0n) is 11.8. The summed E-state index contributed by atoms with van der Waals surface area (Å²) in [6.45, 7) is 4.11. The number of nitrogens with zero attached hydrogens (tertiary/aromatic N) is 3. The normalized spacial score (nSPS) is 12.7. The number of benzene rings is 1. The van der Waals surface area contributed by atoms with E-state index in [2.05, 4.69) is 38.5 Å². The van der Waals surface area contributed by atoms with Crippen LogP contribution in [0.5, 0.6) is 0 Å². The molecule has 20 heavy (non-hydrogen) atoms. The maximum absolute atomic E-state index is 14.1. The Morgan fingerprint density at radius 1 is 1.40 bits per heavy atom. The van der Waals surface area contributed by atoms with Gasteiger partial charge in [-0.2, -0.15) is 0 Å². The molecule has 6 heteroatoms. The highest BCUT2D eigenvalue weighted by Crippen LogP contribution is 2.27. The lowest BCUT2D eigenvalue weighted by Gasteiger charge is -2.14. The molecule has 0 aliphatic carbocycles. The van der Waals surface area contributed by atoms with Crippen molar-refractivity contribution < 1.29 is 4.39 Å². The standard InChI is InChI=1S/C14H18BrFN4/c1-4-11(17-3)13-12(5-2)20(19-18-13)14-9(15)7-6-8-10(14)16/h6-8,11,17H,4-5H2,1-3H3. The largest absolute Gasteiger partial charge is 0.312 e. The molecule has 1 aromatic carbocycles. The summed E-state index contributed by atoms with van der Waals surface area (Å²) in [5, 5.41) is 11.6. The molecule has 1 heterocycles. The first kappa shape index (κ1) is 15.1. The molecule has 2 rings (SSSR count). The second-order valence-corrected chi connectivity index (χ2v) is 5.36. The first-order valence-corrected chi connectivity index (χ1v) is 7.49. The van der Waals surface area contributed by atoms with Crippen LogP contribution < -0.4 is 5.32 Å². The number of rotatable bonds is 5. The third kappa shape index (κ3) is 2.62. The lowest BCUT2D eigenvalue weighted by atomic mass is 10.1. The van der Waals surface area contributed by atoms with Crippen LogP contribution in [0.2, 0.25) is 0 Å². The number of nitrogens with one attached hydrogen (secondary N) is 1. The Kier molecular flexibility index (Phi) is 4.88. The van der Waals surface area contributed by atoms with Gasteiger partial charge in [-0.1, -0.05) is 25.1 Å². The highest BCUT2D eigenvalue weighted by molar-refractivity contribution is 9.10. The fourth-order valence-corrected chi connectivity index (χ4v) is 2.83. The van der Waals surface area contributed by atoms with Crippen molar-refractivity contribution in [3.8, 4) is 5.69 Å². The van der Waals surface area contributed by atoms with Gasteiger partial charge in [0.15, 0.2) is 0 Å². The highest BCUT2D eigenvalue weighted by Gasteiger charge is 2.21. The maximum atomic E-state index is 14.1. The fraction of sp³-hybridized carbons (Fsp3) is 0.429. The molecule has 1 N–H and O–H groups in total. The van der Waals surface area contributed by atoms with Crippen LogP contribution in [0.1, 0.15) is 37.7 Å². The molecule has 1 atom stereocenters. The van der Waals surface area contributed by atoms with Crippen molar-refractivity contribution in [2.45, 2.75) is 32.7 Å².